The predicted octanol–water partition coefficient (Wildman–Crippen LogP) is 3.10. The molecule has 0 aliphatic rings. The van der Waals surface area contributed by atoms with Gasteiger partial charge in [-0.05, 0) is 55.2 Å². The fourth-order valence-corrected chi connectivity index (χ4v) is 4.45. The van der Waals surface area contributed by atoms with Gasteiger partial charge in [0.05, 0.1) is 11.9 Å². The van der Waals surface area contributed by atoms with E-state index in [1.54, 1.807) is 31.2 Å². The molecule has 2 rings (SSSR count). The number of amides is 2. The molecule has 0 saturated carbocycles. The molecule has 9 heteroatoms. The van der Waals surface area contributed by atoms with Gasteiger partial charge in [0.2, 0.25) is 21.8 Å². The van der Waals surface area contributed by atoms with Crippen molar-refractivity contribution in [1.82, 2.24) is 10.2 Å². The average Bonchev–Trinajstić information content (AvgIpc) is 2.79. The van der Waals surface area contributed by atoms with Crippen molar-refractivity contribution in [1.29, 1.82) is 0 Å². The van der Waals surface area contributed by atoms with Crippen molar-refractivity contribution in [2.24, 2.45) is 0 Å². The number of halogens is 1. The number of sulfonamides is 1. The van der Waals surface area contributed by atoms with Crippen LogP contribution < -0.4 is 9.62 Å². The molecule has 0 heterocycles. The van der Waals surface area contributed by atoms with Crippen molar-refractivity contribution in [2.75, 3.05) is 24.2 Å². The SMILES string of the molecule is CCc1ccc(N(CCCC(=O)N(Cc2ccc(F)cc2)C(C)C(=O)NC)S(C)(=O)=O)cc1. The third kappa shape index (κ3) is 7.56. The van der Waals surface area contributed by atoms with E-state index in [9.17, 15) is 22.4 Å². The molecule has 2 aromatic carbocycles. The van der Waals surface area contributed by atoms with Crippen LogP contribution >= 0.6 is 0 Å². The van der Waals surface area contributed by atoms with Gasteiger partial charge in [0.15, 0.2) is 0 Å². The molecule has 33 heavy (non-hydrogen) atoms. The molecule has 1 atom stereocenters. The van der Waals surface area contributed by atoms with Gasteiger partial charge in [-0.15, -0.1) is 0 Å². The first kappa shape index (κ1) is 26.3. The van der Waals surface area contributed by atoms with E-state index in [4.69, 9.17) is 0 Å². The van der Waals surface area contributed by atoms with Crippen LogP contribution in [0.4, 0.5) is 10.1 Å². The normalized spacial score (nSPS) is 12.2. The van der Waals surface area contributed by atoms with Gasteiger partial charge in [0.1, 0.15) is 11.9 Å². The molecule has 0 fully saturated rings. The molecule has 180 valence electrons. The average molecular weight is 478 g/mol. The maximum atomic E-state index is 13.2. The summed E-state index contributed by atoms with van der Waals surface area (Å²) >= 11 is 0. The van der Waals surface area contributed by atoms with Gasteiger partial charge in [0.25, 0.3) is 0 Å². The minimum atomic E-state index is -3.53. The van der Waals surface area contributed by atoms with Crippen molar-refractivity contribution < 1.29 is 22.4 Å². The second kappa shape index (κ2) is 11.8. The molecule has 0 aliphatic carbocycles. The Kier molecular flexibility index (Phi) is 9.40. The van der Waals surface area contributed by atoms with Crippen LogP contribution in [0.1, 0.15) is 37.8 Å². The minimum Gasteiger partial charge on any atom is -0.357 e. The molecular weight excluding hydrogens is 445 g/mol. The number of benzene rings is 2. The third-order valence-electron chi connectivity index (χ3n) is 5.46. The fraction of sp³-hybridized carbons (Fsp3) is 0.417. The Hall–Kier alpha value is -2.94. The van der Waals surface area contributed by atoms with E-state index in [-0.39, 0.29) is 43.6 Å². The second-order valence-corrected chi connectivity index (χ2v) is 9.80. The first-order valence-corrected chi connectivity index (χ1v) is 12.7. The maximum absolute atomic E-state index is 13.2. The zero-order valence-corrected chi connectivity index (χ0v) is 20.4. The highest BCUT2D eigenvalue weighted by atomic mass is 32.2. The number of carbonyl (C=O) groups is 2. The minimum absolute atomic E-state index is 0.0571. The van der Waals surface area contributed by atoms with Gasteiger partial charge in [-0.2, -0.15) is 0 Å². The van der Waals surface area contributed by atoms with Crippen molar-refractivity contribution in [3.8, 4) is 0 Å². The van der Waals surface area contributed by atoms with Crippen LogP contribution in [-0.4, -0.2) is 51.0 Å². The Morgan fingerprint density at radius 3 is 2.12 bits per heavy atom. The zero-order valence-electron chi connectivity index (χ0n) is 19.5. The van der Waals surface area contributed by atoms with Crippen molar-refractivity contribution in [3.05, 3.63) is 65.5 Å². The van der Waals surface area contributed by atoms with Crippen molar-refractivity contribution in [2.45, 2.75) is 45.7 Å². The molecule has 2 amide bonds. The van der Waals surface area contributed by atoms with Crippen LogP contribution in [0.5, 0.6) is 0 Å². The summed E-state index contributed by atoms with van der Waals surface area (Å²) < 4.78 is 39.2. The highest BCUT2D eigenvalue weighted by molar-refractivity contribution is 7.92. The quantitative estimate of drug-likeness (QED) is 0.539. The van der Waals surface area contributed by atoms with Crippen LogP contribution in [0.25, 0.3) is 0 Å². The highest BCUT2D eigenvalue weighted by Gasteiger charge is 2.26. The number of likely N-dealkylation sites (N-methyl/N-ethyl adjacent to an activating group) is 1. The number of carbonyl (C=O) groups excluding carboxylic acids is 2. The zero-order chi connectivity index (χ0) is 24.6. The Balaban J connectivity index is 2.12. The van der Waals surface area contributed by atoms with Crippen molar-refractivity contribution >= 4 is 27.5 Å². The van der Waals surface area contributed by atoms with Crippen LogP contribution in [-0.2, 0) is 32.6 Å². The largest absolute Gasteiger partial charge is 0.357 e. The molecule has 0 bridgehead atoms. The van der Waals surface area contributed by atoms with Gasteiger partial charge in [0, 0.05) is 26.6 Å². The smallest absolute Gasteiger partial charge is 0.242 e. The lowest BCUT2D eigenvalue weighted by molar-refractivity contribution is -0.140. The van der Waals surface area contributed by atoms with E-state index in [1.165, 1.54) is 28.4 Å². The first-order chi connectivity index (χ1) is 15.6. The standard InChI is InChI=1S/C24H32FN3O4S/c1-5-19-10-14-22(15-11-19)28(33(4,31)32)16-6-7-23(29)27(18(2)24(30)26-3)17-20-8-12-21(25)13-9-20/h8-15,18H,5-7,16-17H2,1-4H3,(H,26,30). The Morgan fingerprint density at radius 1 is 1.03 bits per heavy atom. The van der Waals surface area contributed by atoms with E-state index < -0.39 is 16.1 Å². The van der Waals surface area contributed by atoms with E-state index in [0.29, 0.717) is 11.3 Å². The Morgan fingerprint density at radius 2 is 1.61 bits per heavy atom. The lowest BCUT2D eigenvalue weighted by Gasteiger charge is -2.29. The number of aryl methyl sites for hydroxylation is 1. The number of rotatable bonds is 11. The lowest BCUT2D eigenvalue weighted by Crippen LogP contribution is -2.46. The van der Waals surface area contributed by atoms with E-state index in [0.717, 1.165) is 18.2 Å². The molecule has 0 aromatic heterocycles. The Bertz CT molecular complexity index is 1040. The number of nitrogens with zero attached hydrogens (tertiary/aromatic N) is 2. The lowest BCUT2D eigenvalue weighted by atomic mass is 10.1. The van der Waals surface area contributed by atoms with Crippen LogP contribution in [0.2, 0.25) is 0 Å². The summed E-state index contributed by atoms with van der Waals surface area (Å²) in [4.78, 5) is 26.7. The monoisotopic (exact) mass is 477 g/mol. The summed E-state index contributed by atoms with van der Waals surface area (Å²) in [6, 6.07) is 12.3. The van der Waals surface area contributed by atoms with Crippen LogP contribution in [0, 0.1) is 5.82 Å². The summed E-state index contributed by atoms with van der Waals surface area (Å²) in [6.07, 6.45) is 2.32. The van der Waals surface area contributed by atoms with Gasteiger partial charge in [-0.25, -0.2) is 12.8 Å². The molecule has 1 N–H and O–H groups in total. The summed E-state index contributed by atoms with van der Waals surface area (Å²) in [6.45, 7) is 3.92. The van der Waals surface area contributed by atoms with Crippen LogP contribution in [0.15, 0.2) is 48.5 Å². The number of hydrogen-bond donors (Lipinski definition) is 1. The predicted molar refractivity (Wildman–Crippen MR) is 128 cm³/mol. The van der Waals surface area contributed by atoms with Gasteiger partial charge >= 0.3 is 0 Å². The van der Waals surface area contributed by atoms with Gasteiger partial charge in [-0.1, -0.05) is 31.2 Å². The van der Waals surface area contributed by atoms with Gasteiger partial charge < -0.3 is 10.2 Å². The molecule has 0 aliphatic heterocycles. The summed E-state index contributed by atoms with van der Waals surface area (Å²) in [5.41, 5.74) is 2.33. The second-order valence-electron chi connectivity index (χ2n) is 7.90. The maximum Gasteiger partial charge on any atom is 0.242 e. The summed E-state index contributed by atoms with van der Waals surface area (Å²) in [7, 11) is -2.04. The molecule has 1 unspecified atom stereocenters. The number of nitrogens with one attached hydrogen (secondary N) is 1. The Labute approximate surface area is 195 Å². The number of anilines is 1. The first-order valence-electron chi connectivity index (χ1n) is 10.9. The summed E-state index contributed by atoms with van der Waals surface area (Å²) in [5.74, 6) is -0.992. The molecule has 7 nitrogen and oxygen atoms in total. The topological polar surface area (TPSA) is 86.8 Å². The number of hydrogen-bond acceptors (Lipinski definition) is 4. The molecule has 0 spiro atoms. The van der Waals surface area contributed by atoms with E-state index in [1.807, 2.05) is 19.1 Å². The molecule has 0 radical (unpaired) electrons. The fourth-order valence-electron chi connectivity index (χ4n) is 3.48. The molecular formula is C24H32FN3O4S. The van der Waals surface area contributed by atoms with Crippen molar-refractivity contribution in [3.63, 3.8) is 0 Å². The van der Waals surface area contributed by atoms with E-state index in [2.05, 4.69) is 5.32 Å². The summed E-state index contributed by atoms with van der Waals surface area (Å²) in [5, 5.41) is 2.54. The van der Waals surface area contributed by atoms with Gasteiger partial charge in [-0.3, -0.25) is 13.9 Å². The third-order valence-corrected chi connectivity index (χ3v) is 6.66. The molecule has 0 saturated heterocycles. The highest BCUT2D eigenvalue weighted by Crippen LogP contribution is 2.20. The molecule has 2 aromatic rings. The van der Waals surface area contributed by atoms with E-state index >= 15 is 0 Å². The van der Waals surface area contributed by atoms with Crippen LogP contribution in [0.3, 0.4) is 0 Å².